The Hall–Kier alpha value is -1.75. The molecule has 0 unspecified atom stereocenters. The molecule has 0 saturated carbocycles. The van der Waals surface area contributed by atoms with Crippen LogP contribution in [0.1, 0.15) is 17.5 Å². The van der Waals surface area contributed by atoms with Crippen LogP contribution < -0.4 is 0 Å². The van der Waals surface area contributed by atoms with Gasteiger partial charge in [0.15, 0.2) is 0 Å². The summed E-state index contributed by atoms with van der Waals surface area (Å²) in [5.74, 6) is 0.585. The van der Waals surface area contributed by atoms with E-state index >= 15 is 0 Å². The second-order valence-electron chi connectivity index (χ2n) is 3.18. The molecule has 78 valence electrons. The van der Waals surface area contributed by atoms with Crippen molar-refractivity contribution in [2.45, 2.75) is 12.5 Å². The zero-order valence-electron chi connectivity index (χ0n) is 8.42. The predicted molar refractivity (Wildman–Crippen MR) is 54.1 cm³/mol. The Bertz CT molecular complexity index is 387. The molecule has 1 aromatic heterocycles. The fourth-order valence-corrected chi connectivity index (χ4v) is 1.41. The van der Waals surface area contributed by atoms with Crippen LogP contribution in [0.4, 0.5) is 0 Å². The lowest BCUT2D eigenvalue weighted by molar-refractivity contribution is 0.0961. The molecule has 0 aliphatic rings. The van der Waals surface area contributed by atoms with Gasteiger partial charge < -0.3 is 4.74 Å². The fourth-order valence-electron chi connectivity index (χ4n) is 1.41. The zero-order valence-corrected chi connectivity index (χ0v) is 8.42. The van der Waals surface area contributed by atoms with Crippen LogP contribution in [0.3, 0.4) is 0 Å². The number of ether oxygens (including phenoxy) is 1. The minimum absolute atomic E-state index is 0.147. The summed E-state index contributed by atoms with van der Waals surface area (Å²) in [6.45, 7) is 0. The van der Waals surface area contributed by atoms with Crippen molar-refractivity contribution in [3.05, 3.63) is 41.7 Å². The van der Waals surface area contributed by atoms with Gasteiger partial charge in [0.1, 0.15) is 6.10 Å². The Morgan fingerprint density at radius 3 is 2.73 bits per heavy atom. The molecule has 0 saturated heterocycles. The SMILES string of the molecule is CO[C@H](Cc1ccccc1)c1nn[nH]n1. The molecule has 5 nitrogen and oxygen atoms in total. The number of aromatic nitrogens is 4. The molecule has 0 aliphatic carbocycles. The van der Waals surface area contributed by atoms with Crippen LogP contribution in [0.5, 0.6) is 0 Å². The number of methoxy groups -OCH3 is 1. The van der Waals surface area contributed by atoms with E-state index in [4.69, 9.17) is 4.74 Å². The highest BCUT2D eigenvalue weighted by molar-refractivity contribution is 5.16. The molecule has 5 heteroatoms. The number of H-pyrrole nitrogens is 1. The van der Waals surface area contributed by atoms with Crippen LogP contribution in [0.15, 0.2) is 30.3 Å². The molecular weight excluding hydrogens is 192 g/mol. The quantitative estimate of drug-likeness (QED) is 0.810. The number of nitrogens with one attached hydrogen (secondary N) is 1. The minimum atomic E-state index is -0.147. The van der Waals surface area contributed by atoms with Crippen LogP contribution >= 0.6 is 0 Å². The van der Waals surface area contributed by atoms with Crippen molar-refractivity contribution in [1.29, 1.82) is 0 Å². The van der Waals surface area contributed by atoms with Crippen LogP contribution in [0.2, 0.25) is 0 Å². The molecule has 1 heterocycles. The van der Waals surface area contributed by atoms with Crippen molar-refractivity contribution in [3.63, 3.8) is 0 Å². The van der Waals surface area contributed by atoms with Gasteiger partial charge in [0.05, 0.1) is 0 Å². The number of tetrazole rings is 1. The van der Waals surface area contributed by atoms with E-state index in [0.29, 0.717) is 5.82 Å². The maximum atomic E-state index is 5.31. The van der Waals surface area contributed by atoms with Crippen molar-refractivity contribution < 1.29 is 4.74 Å². The van der Waals surface area contributed by atoms with Crippen molar-refractivity contribution in [3.8, 4) is 0 Å². The lowest BCUT2D eigenvalue weighted by Crippen LogP contribution is -2.07. The summed E-state index contributed by atoms with van der Waals surface area (Å²) in [6.07, 6.45) is 0.600. The molecule has 0 aliphatic heterocycles. The average molecular weight is 204 g/mol. The summed E-state index contributed by atoms with van der Waals surface area (Å²) in [7, 11) is 1.64. The second-order valence-corrected chi connectivity index (χ2v) is 3.18. The second kappa shape index (κ2) is 4.65. The van der Waals surface area contributed by atoms with Crippen LogP contribution in [-0.4, -0.2) is 27.7 Å². The topological polar surface area (TPSA) is 63.7 Å². The molecule has 15 heavy (non-hydrogen) atoms. The van der Waals surface area contributed by atoms with Crippen LogP contribution in [0.25, 0.3) is 0 Å². The third-order valence-corrected chi connectivity index (χ3v) is 2.20. The summed E-state index contributed by atoms with van der Waals surface area (Å²) >= 11 is 0. The molecule has 0 radical (unpaired) electrons. The smallest absolute Gasteiger partial charge is 0.203 e. The van der Waals surface area contributed by atoms with Gasteiger partial charge in [-0.25, -0.2) is 0 Å². The number of hydrogen-bond acceptors (Lipinski definition) is 4. The lowest BCUT2D eigenvalue weighted by Gasteiger charge is -2.10. The van der Waals surface area contributed by atoms with Gasteiger partial charge in [0, 0.05) is 13.5 Å². The van der Waals surface area contributed by atoms with Gasteiger partial charge in [0.2, 0.25) is 5.82 Å². The van der Waals surface area contributed by atoms with Crippen molar-refractivity contribution in [1.82, 2.24) is 20.6 Å². The van der Waals surface area contributed by atoms with E-state index in [1.54, 1.807) is 7.11 Å². The van der Waals surface area contributed by atoms with Crippen LogP contribution in [-0.2, 0) is 11.2 Å². The first-order valence-electron chi connectivity index (χ1n) is 4.70. The fraction of sp³-hybridized carbons (Fsp3) is 0.300. The monoisotopic (exact) mass is 204 g/mol. The van der Waals surface area contributed by atoms with Gasteiger partial charge in [-0.05, 0) is 5.56 Å². The highest BCUT2D eigenvalue weighted by atomic mass is 16.5. The Morgan fingerprint density at radius 2 is 2.13 bits per heavy atom. The summed E-state index contributed by atoms with van der Waals surface area (Å²) < 4.78 is 5.31. The van der Waals surface area contributed by atoms with Gasteiger partial charge in [0.25, 0.3) is 0 Å². The Labute approximate surface area is 87.5 Å². The van der Waals surface area contributed by atoms with Crippen LogP contribution in [0, 0.1) is 0 Å². The molecule has 1 aromatic carbocycles. The third kappa shape index (κ3) is 2.38. The Balaban J connectivity index is 2.10. The molecule has 1 N–H and O–H groups in total. The first kappa shape index (κ1) is 9.79. The average Bonchev–Trinajstić information content (AvgIpc) is 2.81. The van der Waals surface area contributed by atoms with E-state index in [9.17, 15) is 0 Å². The van der Waals surface area contributed by atoms with Gasteiger partial charge in [-0.15, -0.1) is 10.2 Å². The molecule has 2 rings (SSSR count). The normalized spacial score (nSPS) is 12.6. The maximum absolute atomic E-state index is 5.31. The molecule has 0 bridgehead atoms. The number of benzene rings is 1. The third-order valence-electron chi connectivity index (χ3n) is 2.20. The summed E-state index contributed by atoms with van der Waals surface area (Å²) in [5.41, 5.74) is 1.19. The maximum Gasteiger partial charge on any atom is 0.203 e. The first-order valence-corrected chi connectivity index (χ1v) is 4.70. The van der Waals surface area contributed by atoms with E-state index in [1.807, 2.05) is 30.3 Å². The van der Waals surface area contributed by atoms with Gasteiger partial charge in [-0.2, -0.15) is 5.21 Å². The predicted octanol–water partition coefficient (Wildman–Crippen LogP) is 1.13. The Kier molecular flexibility index (Phi) is 3.04. The van der Waals surface area contributed by atoms with Crippen molar-refractivity contribution >= 4 is 0 Å². The largest absolute Gasteiger partial charge is 0.373 e. The number of rotatable bonds is 4. The van der Waals surface area contributed by atoms with E-state index < -0.39 is 0 Å². The van der Waals surface area contributed by atoms with E-state index in [-0.39, 0.29) is 6.10 Å². The van der Waals surface area contributed by atoms with Crippen molar-refractivity contribution in [2.24, 2.45) is 0 Å². The Morgan fingerprint density at radius 1 is 1.33 bits per heavy atom. The summed E-state index contributed by atoms with van der Waals surface area (Å²) in [4.78, 5) is 0. The molecule has 2 aromatic rings. The first-order chi connectivity index (χ1) is 7.40. The molecule has 0 fully saturated rings. The number of nitrogens with zero attached hydrogens (tertiary/aromatic N) is 3. The highest BCUT2D eigenvalue weighted by Crippen LogP contribution is 2.16. The van der Waals surface area contributed by atoms with E-state index in [0.717, 1.165) is 6.42 Å². The van der Waals surface area contributed by atoms with E-state index in [1.165, 1.54) is 5.56 Å². The minimum Gasteiger partial charge on any atom is -0.373 e. The molecular formula is C10H12N4O. The summed E-state index contributed by atoms with van der Waals surface area (Å²) in [5, 5.41) is 13.8. The lowest BCUT2D eigenvalue weighted by atomic mass is 10.1. The molecule has 0 spiro atoms. The van der Waals surface area contributed by atoms with Crippen molar-refractivity contribution in [2.75, 3.05) is 7.11 Å². The highest BCUT2D eigenvalue weighted by Gasteiger charge is 2.15. The molecule has 0 amide bonds. The van der Waals surface area contributed by atoms with Gasteiger partial charge >= 0.3 is 0 Å². The zero-order chi connectivity index (χ0) is 10.5. The standard InChI is InChI=1S/C10H12N4O/c1-15-9(10-11-13-14-12-10)7-8-5-3-2-4-6-8/h2-6,9H,7H2,1H3,(H,11,12,13,14)/t9-/m1/s1. The number of aromatic amines is 1. The van der Waals surface area contributed by atoms with Gasteiger partial charge in [-0.3, -0.25) is 0 Å². The number of hydrogen-bond donors (Lipinski definition) is 1. The van der Waals surface area contributed by atoms with Gasteiger partial charge in [-0.1, -0.05) is 35.5 Å². The molecule has 1 atom stereocenters. The summed E-state index contributed by atoms with van der Waals surface area (Å²) in [6, 6.07) is 10.1. The van der Waals surface area contributed by atoms with E-state index in [2.05, 4.69) is 20.6 Å².